The fourth-order valence-electron chi connectivity index (χ4n) is 1.09. The molecule has 0 saturated heterocycles. The van der Waals surface area contributed by atoms with Crippen LogP contribution in [0.25, 0.3) is 0 Å². The van der Waals surface area contributed by atoms with Crippen molar-refractivity contribution in [1.29, 1.82) is 0 Å². The summed E-state index contributed by atoms with van der Waals surface area (Å²) < 4.78 is 0. The average Bonchev–Trinajstić information content (AvgIpc) is 2.29. The van der Waals surface area contributed by atoms with Crippen molar-refractivity contribution in [1.82, 2.24) is 0 Å². The number of hydrogen-bond donors (Lipinski definition) is 2. The Bertz CT molecular complexity index is 443. The van der Waals surface area contributed by atoms with E-state index in [-0.39, 0.29) is 0 Å². The first-order valence-corrected chi connectivity index (χ1v) is 6.29. The molecule has 0 aliphatic rings. The van der Waals surface area contributed by atoms with Gasteiger partial charge < -0.3 is 10.4 Å². The molecular formula is C12H15NO3S. The zero-order valence-electron chi connectivity index (χ0n) is 9.98. The summed E-state index contributed by atoms with van der Waals surface area (Å²) in [6.07, 6.45) is 1.93. The molecule has 1 rings (SSSR count). The van der Waals surface area contributed by atoms with E-state index >= 15 is 0 Å². The minimum atomic E-state index is -1.44. The number of hydrogen-bond acceptors (Lipinski definition) is 3. The summed E-state index contributed by atoms with van der Waals surface area (Å²) in [5.41, 5.74) is -0.828. The number of carboxylic acid groups (broad SMARTS) is 1. The predicted molar refractivity (Wildman–Crippen MR) is 68.3 cm³/mol. The number of carbonyl (C=O) groups excluding carboxylic acids is 1. The Hall–Kier alpha value is -1.49. The lowest BCUT2D eigenvalue weighted by Gasteiger charge is -2.18. The van der Waals surface area contributed by atoms with Crippen LogP contribution < -0.4 is 5.32 Å². The molecule has 2 N–H and O–H groups in total. The molecule has 0 radical (unpaired) electrons. The van der Waals surface area contributed by atoms with Gasteiger partial charge in [-0.1, -0.05) is 6.07 Å². The number of thioether (sulfide) groups is 1. The lowest BCUT2D eigenvalue weighted by molar-refractivity contribution is -0.151. The molecule has 0 fully saturated rings. The van der Waals surface area contributed by atoms with E-state index in [0.29, 0.717) is 5.69 Å². The van der Waals surface area contributed by atoms with E-state index in [0.717, 1.165) is 4.90 Å². The third-order valence-electron chi connectivity index (χ3n) is 2.43. The van der Waals surface area contributed by atoms with Gasteiger partial charge in [-0.2, -0.15) is 0 Å². The summed E-state index contributed by atoms with van der Waals surface area (Å²) >= 11 is 1.56. The third kappa shape index (κ3) is 3.23. The molecule has 0 heterocycles. The van der Waals surface area contributed by atoms with Crippen LogP contribution in [-0.4, -0.2) is 23.2 Å². The Morgan fingerprint density at radius 1 is 1.35 bits per heavy atom. The zero-order chi connectivity index (χ0) is 13.1. The first-order valence-electron chi connectivity index (χ1n) is 5.07. The molecule has 0 spiro atoms. The number of carboxylic acids is 1. The maximum absolute atomic E-state index is 11.8. The van der Waals surface area contributed by atoms with Crippen LogP contribution in [0.4, 0.5) is 5.69 Å². The van der Waals surface area contributed by atoms with Crippen LogP contribution in [0.2, 0.25) is 0 Å². The van der Waals surface area contributed by atoms with Crippen molar-refractivity contribution >= 4 is 29.3 Å². The minimum Gasteiger partial charge on any atom is -0.480 e. The highest BCUT2D eigenvalue weighted by Gasteiger charge is 2.35. The van der Waals surface area contributed by atoms with Gasteiger partial charge in [0, 0.05) is 10.6 Å². The van der Waals surface area contributed by atoms with Gasteiger partial charge in [0.1, 0.15) is 5.41 Å². The number of rotatable bonds is 4. The highest BCUT2D eigenvalue weighted by atomic mass is 32.2. The van der Waals surface area contributed by atoms with Gasteiger partial charge in [-0.05, 0) is 38.3 Å². The zero-order valence-corrected chi connectivity index (χ0v) is 10.8. The molecule has 1 amide bonds. The van der Waals surface area contributed by atoms with Crippen molar-refractivity contribution in [2.24, 2.45) is 5.41 Å². The molecule has 1 aromatic rings. The standard InChI is InChI=1S/C12H15NO3S/c1-12(2,11(15)16)10(14)13-8-5-4-6-9(7-8)17-3/h4-7H,1-3H3,(H,13,14)(H,15,16). The van der Waals surface area contributed by atoms with Gasteiger partial charge in [-0.25, -0.2) is 0 Å². The lowest BCUT2D eigenvalue weighted by atomic mass is 9.92. The van der Waals surface area contributed by atoms with Crippen LogP contribution in [0, 0.1) is 5.41 Å². The first kappa shape index (κ1) is 13.6. The lowest BCUT2D eigenvalue weighted by Crippen LogP contribution is -2.37. The molecule has 17 heavy (non-hydrogen) atoms. The van der Waals surface area contributed by atoms with Crippen molar-refractivity contribution < 1.29 is 14.7 Å². The number of amides is 1. The van der Waals surface area contributed by atoms with E-state index in [1.165, 1.54) is 13.8 Å². The topological polar surface area (TPSA) is 66.4 Å². The summed E-state index contributed by atoms with van der Waals surface area (Å²) in [6, 6.07) is 7.27. The molecule has 0 aromatic heterocycles. The fraction of sp³-hybridized carbons (Fsp3) is 0.333. The quantitative estimate of drug-likeness (QED) is 0.639. The Morgan fingerprint density at radius 2 is 2.00 bits per heavy atom. The van der Waals surface area contributed by atoms with Gasteiger partial charge in [-0.15, -0.1) is 11.8 Å². The Balaban J connectivity index is 2.84. The molecule has 1 aromatic carbocycles. The van der Waals surface area contributed by atoms with Crippen molar-refractivity contribution in [3.8, 4) is 0 Å². The third-order valence-corrected chi connectivity index (χ3v) is 3.16. The van der Waals surface area contributed by atoms with Crippen LogP contribution in [0.3, 0.4) is 0 Å². The molecular weight excluding hydrogens is 238 g/mol. The van der Waals surface area contributed by atoms with E-state index in [9.17, 15) is 9.59 Å². The average molecular weight is 253 g/mol. The summed E-state index contributed by atoms with van der Waals surface area (Å²) in [5, 5.41) is 11.5. The van der Waals surface area contributed by atoms with Crippen LogP contribution in [0.5, 0.6) is 0 Å². The smallest absolute Gasteiger partial charge is 0.318 e. The molecule has 0 atom stereocenters. The van der Waals surface area contributed by atoms with Gasteiger partial charge >= 0.3 is 5.97 Å². The second kappa shape index (κ2) is 5.23. The molecule has 0 aliphatic heterocycles. The predicted octanol–water partition coefficient (Wildman–Crippen LogP) is 2.46. The first-order chi connectivity index (χ1) is 7.87. The van der Waals surface area contributed by atoms with Crippen molar-refractivity contribution in [2.75, 3.05) is 11.6 Å². The van der Waals surface area contributed by atoms with Crippen molar-refractivity contribution in [3.63, 3.8) is 0 Å². The van der Waals surface area contributed by atoms with Crippen molar-refractivity contribution in [2.45, 2.75) is 18.7 Å². The largest absolute Gasteiger partial charge is 0.480 e. The van der Waals surface area contributed by atoms with Crippen molar-refractivity contribution in [3.05, 3.63) is 24.3 Å². The maximum Gasteiger partial charge on any atom is 0.318 e. The van der Waals surface area contributed by atoms with Crippen LogP contribution in [0.15, 0.2) is 29.2 Å². The summed E-state index contributed by atoms with van der Waals surface area (Å²) in [6.45, 7) is 2.76. The minimum absolute atomic E-state index is 0.525. The van der Waals surface area contributed by atoms with Gasteiger partial charge in [0.15, 0.2) is 0 Å². The highest BCUT2D eigenvalue weighted by Crippen LogP contribution is 2.22. The summed E-state index contributed by atoms with van der Waals surface area (Å²) in [5.74, 6) is -1.67. The number of nitrogens with one attached hydrogen (secondary N) is 1. The maximum atomic E-state index is 11.8. The van der Waals surface area contributed by atoms with Crippen LogP contribution in [0.1, 0.15) is 13.8 Å². The molecule has 92 valence electrons. The highest BCUT2D eigenvalue weighted by molar-refractivity contribution is 7.98. The monoisotopic (exact) mass is 253 g/mol. The van der Waals surface area contributed by atoms with Gasteiger partial charge in [0.25, 0.3) is 0 Å². The summed E-state index contributed by atoms with van der Waals surface area (Å²) in [7, 11) is 0. The molecule has 0 saturated carbocycles. The molecule has 0 unspecified atom stereocenters. The number of aliphatic carboxylic acids is 1. The second-order valence-electron chi connectivity index (χ2n) is 4.12. The summed E-state index contributed by atoms with van der Waals surface area (Å²) in [4.78, 5) is 23.7. The SMILES string of the molecule is CSc1cccc(NC(=O)C(C)(C)C(=O)O)c1. The molecule has 4 nitrogen and oxygen atoms in total. The van der Waals surface area contributed by atoms with Crippen LogP contribution in [-0.2, 0) is 9.59 Å². The van der Waals surface area contributed by atoms with Crippen LogP contribution >= 0.6 is 11.8 Å². The van der Waals surface area contributed by atoms with E-state index in [4.69, 9.17) is 5.11 Å². The van der Waals surface area contributed by atoms with E-state index in [1.807, 2.05) is 18.4 Å². The fourth-order valence-corrected chi connectivity index (χ4v) is 1.54. The van der Waals surface area contributed by atoms with E-state index in [2.05, 4.69) is 5.32 Å². The molecule has 0 bridgehead atoms. The number of anilines is 1. The van der Waals surface area contributed by atoms with Gasteiger partial charge in [-0.3, -0.25) is 9.59 Å². The van der Waals surface area contributed by atoms with E-state index < -0.39 is 17.3 Å². The second-order valence-corrected chi connectivity index (χ2v) is 5.00. The normalized spacial score (nSPS) is 11.0. The van der Waals surface area contributed by atoms with Gasteiger partial charge in [0.2, 0.25) is 5.91 Å². The number of benzene rings is 1. The Kier molecular flexibility index (Phi) is 4.17. The van der Waals surface area contributed by atoms with E-state index in [1.54, 1.807) is 23.9 Å². The Morgan fingerprint density at radius 3 is 2.53 bits per heavy atom. The van der Waals surface area contributed by atoms with Gasteiger partial charge in [0.05, 0.1) is 0 Å². The molecule has 0 aliphatic carbocycles. The number of carbonyl (C=O) groups is 2. The molecule has 5 heteroatoms. The Labute approximate surface area is 104 Å².